The fourth-order valence-corrected chi connectivity index (χ4v) is 1.79. The summed E-state index contributed by atoms with van der Waals surface area (Å²) in [5.74, 6) is 0.0136. The molecule has 0 heterocycles. The Morgan fingerprint density at radius 2 is 2.14 bits per heavy atom. The monoisotopic (exact) mass is 200 g/mol. The minimum Gasteiger partial charge on any atom is -0.395 e. The average molecular weight is 200 g/mol. The molecule has 3 N–H and O–H groups in total. The zero-order valence-corrected chi connectivity index (χ0v) is 8.83. The van der Waals surface area contributed by atoms with E-state index in [9.17, 15) is 4.79 Å². The first kappa shape index (κ1) is 11.5. The lowest BCUT2D eigenvalue weighted by Gasteiger charge is -2.40. The molecular formula is C10H20N2O2. The number of carbonyl (C=O) groups is 1. The largest absolute Gasteiger partial charge is 0.395 e. The van der Waals surface area contributed by atoms with Gasteiger partial charge in [-0.15, -0.1) is 0 Å². The SMILES string of the molecule is CCCN(CCO)C(=O)C1(N)CCC1. The van der Waals surface area contributed by atoms with Gasteiger partial charge in [-0.3, -0.25) is 4.79 Å². The summed E-state index contributed by atoms with van der Waals surface area (Å²) < 4.78 is 0. The van der Waals surface area contributed by atoms with Crippen LogP contribution < -0.4 is 5.73 Å². The highest BCUT2D eigenvalue weighted by atomic mass is 16.3. The molecule has 4 heteroatoms. The van der Waals surface area contributed by atoms with Crippen LogP contribution in [0.2, 0.25) is 0 Å². The van der Waals surface area contributed by atoms with Gasteiger partial charge in [0.25, 0.3) is 0 Å². The third-order valence-corrected chi connectivity index (χ3v) is 2.82. The Labute approximate surface area is 85.1 Å². The first-order chi connectivity index (χ1) is 6.64. The number of hydrogen-bond donors (Lipinski definition) is 2. The van der Waals surface area contributed by atoms with E-state index in [1.165, 1.54) is 0 Å². The van der Waals surface area contributed by atoms with Crippen molar-refractivity contribution in [3.8, 4) is 0 Å². The van der Waals surface area contributed by atoms with Crippen molar-refractivity contribution in [2.45, 2.75) is 38.1 Å². The van der Waals surface area contributed by atoms with Gasteiger partial charge >= 0.3 is 0 Å². The van der Waals surface area contributed by atoms with E-state index in [0.29, 0.717) is 13.1 Å². The lowest BCUT2D eigenvalue weighted by Crippen LogP contribution is -2.60. The van der Waals surface area contributed by atoms with Gasteiger partial charge in [0.05, 0.1) is 12.1 Å². The van der Waals surface area contributed by atoms with E-state index in [2.05, 4.69) is 0 Å². The molecule has 1 aliphatic carbocycles. The van der Waals surface area contributed by atoms with E-state index in [0.717, 1.165) is 25.7 Å². The minimum absolute atomic E-state index is 0.0136. The van der Waals surface area contributed by atoms with Crippen molar-refractivity contribution in [3.05, 3.63) is 0 Å². The normalized spacial score (nSPS) is 18.8. The summed E-state index contributed by atoms with van der Waals surface area (Å²) in [5, 5.41) is 8.83. The van der Waals surface area contributed by atoms with Crippen molar-refractivity contribution in [1.29, 1.82) is 0 Å². The maximum atomic E-state index is 11.9. The van der Waals surface area contributed by atoms with Crippen LogP contribution in [0.3, 0.4) is 0 Å². The van der Waals surface area contributed by atoms with Crippen molar-refractivity contribution < 1.29 is 9.90 Å². The predicted octanol–water partition coefficient (Wildman–Crippen LogP) is 0.0987. The molecule has 0 radical (unpaired) electrons. The first-order valence-electron chi connectivity index (χ1n) is 5.33. The summed E-state index contributed by atoms with van der Waals surface area (Å²) >= 11 is 0. The number of aliphatic hydroxyl groups is 1. The summed E-state index contributed by atoms with van der Waals surface area (Å²) in [5.41, 5.74) is 5.31. The molecule has 0 spiro atoms. The Bertz CT molecular complexity index is 196. The molecule has 1 rings (SSSR count). The van der Waals surface area contributed by atoms with Crippen molar-refractivity contribution in [1.82, 2.24) is 4.90 Å². The minimum atomic E-state index is -0.621. The van der Waals surface area contributed by atoms with Gasteiger partial charge in [-0.1, -0.05) is 6.92 Å². The standard InChI is InChI=1S/C10H20N2O2/c1-2-6-12(7-8-13)9(14)10(11)4-3-5-10/h13H,2-8,11H2,1H3. The number of carbonyl (C=O) groups excluding carboxylic acids is 1. The van der Waals surface area contributed by atoms with Crippen molar-refractivity contribution in [2.24, 2.45) is 5.73 Å². The molecule has 0 unspecified atom stereocenters. The smallest absolute Gasteiger partial charge is 0.242 e. The predicted molar refractivity (Wildman–Crippen MR) is 54.7 cm³/mol. The Kier molecular flexibility index (Phi) is 3.89. The maximum Gasteiger partial charge on any atom is 0.242 e. The van der Waals surface area contributed by atoms with Gasteiger partial charge in [0, 0.05) is 13.1 Å². The van der Waals surface area contributed by atoms with Crippen molar-refractivity contribution in [2.75, 3.05) is 19.7 Å². The van der Waals surface area contributed by atoms with Crippen LogP contribution in [-0.2, 0) is 4.79 Å². The van der Waals surface area contributed by atoms with Crippen LogP contribution in [0, 0.1) is 0 Å². The van der Waals surface area contributed by atoms with E-state index in [1.54, 1.807) is 4.90 Å². The second-order valence-electron chi connectivity index (χ2n) is 4.03. The molecule has 0 aliphatic heterocycles. The Morgan fingerprint density at radius 3 is 2.50 bits per heavy atom. The van der Waals surface area contributed by atoms with Gasteiger partial charge in [0.1, 0.15) is 0 Å². The fraction of sp³-hybridized carbons (Fsp3) is 0.900. The Hall–Kier alpha value is -0.610. The van der Waals surface area contributed by atoms with E-state index in [4.69, 9.17) is 10.8 Å². The average Bonchev–Trinajstić information content (AvgIpc) is 2.13. The molecule has 82 valence electrons. The van der Waals surface area contributed by atoms with Crippen LogP contribution in [0.5, 0.6) is 0 Å². The molecule has 0 atom stereocenters. The van der Waals surface area contributed by atoms with Gasteiger partial charge in [0.2, 0.25) is 5.91 Å². The summed E-state index contributed by atoms with van der Waals surface area (Å²) in [7, 11) is 0. The van der Waals surface area contributed by atoms with Gasteiger partial charge in [-0.05, 0) is 25.7 Å². The molecule has 1 amide bonds. The lowest BCUT2D eigenvalue weighted by molar-refractivity contribution is -0.140. The van der Waals surface area contributed by atoms with Crippen LogP contribution in [0.25, 0.3) is 0 Å². The highest BCUT2D eigenvalue weighted by molar-refractivity contribution is 5.87. The van der Waals surface area contributed by atoms with E-state index in [1.807, 2.05) is 6.92 Å². The number of amides is 1. The summed E-state index contributed by atoms with van der Waals surface area (Å²) in [6.45, 7) is 3.13. The molecule has 14 heavy (non-hydrogen) atoms. The quantitative estimate of drug-likeness (QED) is 0.661. The van der Waals surface area contributed by atoms with Crippen LogP contribution in [-0.4, -0.2) is 41.1 Å². The Morgan fingerprint density at radius 1 is 1.50 bits per heavy atom. The summed E-state index contributed by atoms with van der Waals surface area (Å²) in [4.78, 5) is 13.6. The van der Waals surface area contributed by atoms with Gasteiger partial charge in [0.15, 0.2) is 0 Å². The zero-order valence-electron chi connectivity index (χ0n) is 8.83. The third-order valence-electron chi connectivity index (χ3n) is 2.82. The molecule has 1 fully saturated rings. The molecule has 0 aromatic rings. The third kappa shape index (κ3) is 2.25. The molecule has 0 bridgehead atoms. The second-order valence-corrected chi connectivity index (χ2v) is 4.03. The first-order valence-corrected chi connectivity index (χ1v) is 5.33. The van der Waals surface area contributed by atoms with E-state index >= 15 is 0 Å². The molecule has 1 aliphatic rings. The lowest BCUT2D eigenvalue weighted by atomic mass is 9.76. The number of hydrogen-bond acceptors (Lipinski definition) is 3. The highest BCUT2D eigenvalue weighted by Crippen LogP contribution is 2.30. The van der Waals surface area contributed by atoms with Gasteiger partial charge in [-0.2, -0.15) is 0 Å². The van der Waals surface area contributed by atoms with Crippen LogP contribution in [0.15, 0.2) is 0 Å². The van der Waals surface area contributed by atoms with Crippen molar-refractivity contribution >= 4 is 5.91 Å². The number of aliphatic hydroxyl groups excluding tert-OH is 1. The molecule has 1 saturated carbocycles. The summed E-state index contributed by atoms with van der Waals surface area (Å²) in [6, 6.07) is 0. The molecule has 0 saturated heterocycles. The maximum absolute atomic E-state index is 11.9. The topological polar surface area (TPSA) is 66.6 Å². The van der Waals surface area contributed by atoms with Gasteiger partial charge < -0.3 is 15.7 Å². The Balaban J connectivity index is 2.53. The fourth-order valence-electron chi connectivity index (χ4n) is 1.79. The van der Waals surface area contributed by atoms with Crippen LogP contribution in [0.1, 0.15) is 32.6 Å². The second kappa shape index (κ2) is 4.75. The highest BCUT2D eigenvalue weighted by Gasteiger charge is 2.42. The molecule has 0 aromatic heterocycles. The van der Waals surface area contributed by atoms with Crippen LogP contribution >= 0.6 is 0 Å². The van der Waals surface area contributed by atoms with E-state index in [-0.39, 0.29) is 12.5 Å². The zero-order chi connectivity index (χ0) is 10.6. The van der Waals surface area contributed by atoms with Crippen LogP contribution in [0.4, 0.5) is 0 Å². The molecular weight excluding hydrogens is 180 g/mol. The molecule has 4 nitrogen and oxygen atoms in total. The number of rotatable bonds is 5. The number of nitrogens with two attached hydrogens (primary N) is 1. The van der Waals surface area contributed by atoms with Crippen molar-refractivity contribution in [3.63, 3.8) is 0 Å². The summed E-state index contributed by atoms with van der Waals surface area (Å²) in [6.07, 6.45) is 3.53. The van der Waals surface area contributed by atoms with Gasteiger partial charge in [-0.25, -0.2) is 0 Å². The number of nitrogens with zero attached hydrogens (tertiary/aromatic N) is 1. The molecule has 0 aromatic carbocycles. The van der Waals surface area contributed by atoms with E-state index < -0.39 is 5.54 Å².